The Labute approximate surface area is 130 Å². The maximum atomic E-state index is 14.2. The molecule has 2 N–H and O–H groups in total. The summed E-state index contributed by atoms with van der Waals surface area (Å²) >= 11 is 3.18. The fraction of sp³-hybridized carbons (Fsp3) is 0.200. The van der Waals surface area contributed by atoms with Crippen LogP contribution in [0.1, 0.15) is 5.56 Å². The normalized spacial score (nSPS) is 10.3. The summed E-state index contributed by atoms with van der Waals surface area (Å²) in [6.45, 7) is 0.241. The van der Waals surface area contributed by atoms with Crippen LogP contribution >= 0.6 is 15.9 Å². The predicted octanol–water partition coefficient (Wildman–Crippen LogP) is 3.86. The lowest BCUT2D eigenvalue weighted by Crippen LogP contribution is -2.00. The van der Waals surface area contributed by atoms with Crippen molar-refractivity contribution in [2.45, 2.75) is 6.54 Å². The molecule has 2 aromatic carbocycles. The molecule has 0 radical (unpaired) electrons. The number of methoxy groups -OCH3 is 2. The van der Waals surface area contributed by atoms with Gasteiger partial charge in [-0.25, -0.2) is 4.39 Å². The van der Waals surface area contributed by atoms with Crippen LogP contribution < -0.4 is 19.9 Å². The molecule has 2 aromatic rings. The second-order valence-electron chi connectivity index (χ2n) is 4.21. The maximum Gasteiger partial charge on any atom is 0.180 e. The highest BCUT2D eigenvalue weighted by Gasteiger charge is 2.13. The van der Waals surface area contributed by atoms with E-state index in [4.69, 9.17) is 19.9 Å². The topological polar surface area (TPSA) is 53.7 Å². The largest absolute Gasteiger partial charge is 0.496 e. The van der Waals surface area contributed by atoms with Crippen molar-refractivity contribution in [3.63, 3.8) is 0 Å². The summed E-state index contributed by atoms with van der Waals surface area (Å²) in [5.74, 6) is 1.12. The number of ether oxygens (including phenoxy) is 3. The Morgan fingerprint density at radius 3 is 2.14 bits per heavy atom. The van der Waals surface area contributed by atoms with Crippen LogP contribution in [-0.4, -0.2) is 14.2 Å². The molecule has 4 nitrogen and oxygen atoms in total. The molecule has 21 heavy (non-hydrogen) atoms. The van der Waals surface area contributed by atoms with Crippen molar-refractivity contribution in [1.82, 2.24) is 0 Å². The van der Waals surface area contributed by atoms with E-state index in [9.17, 15) is 4.39 Å². The van der Waals surface area contributed by atoms with Gasteiger partial charge in [-0.3, -0.25) is 0 Å². The van der Waals surface area contributed by atoms with Crippen molar-refractivity contribution >= 4 is 15.9 Å². The first-order chi connectivity index (χ1) is 10.1. The molecule has 0 spiro atoms. The Balaban J connectivity index is 2.36. The SMILES string of the molecule is COc1cc(OC)cc(Oc2ccc(CN)c(Br)c2F)c1. The predicted molar refractivity (Wildman–Crippen MR) is 81.6 cm³/mol. The summed E-state index contributed by atoms with van der Waals surface area (Å²) in [4.78, 5) is 0. The van der Waals surface area contributed by atoms with E-state index in [-0.39, 0.29) is 12.3 Å². The van der Waals surface area contributed by atoms with E-state index < -0.39 is 5.82 Å². The number of hydrogen-bond acceptors (Lipinski definition) is 4. The fourth-order valence-electron chi connectivity index (χ4n) is 1.78. The minimum atomic E-state index is -0.500. The zero-order valence-electron chi connectivity index (χ0n) is 11.7. The summed E-state index contributed by atoms with van der Waals surface area (Å²) in [6.07, 6.45) is 0. The van der Waals surface area contributed by atoms with Gasteiger partial charge >= 0.3 is 0 Å². The van der Waals surface area contributed by atoms with Gasteiger partial charge in [-0.1, -0.05) is 6.07 Å². The summed E-state index contributed by atoms with van der Waals surface area (Å²) < 4.78 is 30.4. The average molecular weight is 356 g/mol. The lowest BCUT2D eigenvalue weighted by Gasteiger charge is -2.12. The van der Waals surface area contributed by atoms with Gasteiger partial charge in [0.2, 0.25) is 0 Å². The zero-order valence-corrected chi connectivity index (χ0v) is 13.2. The van der Waals surface area contributed by atoms with Crippen LogP contribution in [0.5, 0.6) is 23.0 Å². The summed E-state index contributed by atoms with van der Waals surface area (Å²) in [5.41, 5.74) is 6.20. The molecule has 0 aliphatic carbocycles. The van der Waals surface area contributed by atoms with Gasteiger partial charge in [0.15, 0.2) is 11.6 Å². The Hall–Kier alpha value is -1.79. The van der Waals surface area contributed by atoms with Gasteiger partial charge in [0, 0.05) is 24.7 Å². The number of hydrogen-bond donors (Lipinski definition) is 1. The molecule has 0 aliphatic heterocycles. The van der Waals surface area contributed by atoms with Crippen LogP contribution in [0.2, 0.25) is 0 Å². The Kier molecular flexibility index (Phi) is 5.03. The molecule has 6 heteroatoms. The van der Waals surface area contributed by atoms with Gasteiger partial charge in [-0.15, -0.1) is 0 Å². The molecule has 0 heterocycles. The van der Waals surface area contributed by atoms with E-state index in [1.807, 2.05) is 0 Å². The molecule has 0 aromatic heterocycles. The van der Waals surface area contributed by atoms with Crippen molar-refractivity contribution in [1.29, 1.82) is 0 Å². The van der Waals surface area contributed by atoms with Crippen molar-refractivity contribution in [3.05, 3.63) is 46.2 Å². The fourth-order valence-corrected chi connectivity index (χ4v) is 2.26. The van der Waals surface area contributed by atoms with Gasteiger partial charge in [-0.05, 0) is 27.6 Å². The third-order valence-electron chi connectivity index (χ3n) is 2.90. The van der Waals surface area contributed by atoms with Crippen molar-refractivity contribution in [2.24, 2.45) is 5.73 Å². The smallest absolute Gasteiger partial charge is 0.180 e. The molecule has 0 fully saturated rings. The quantitative estimate of drug-likeness (QED) is 0.884. The highest BCUT2D eigenvalue weighted by atomic mass is 79.9. The van der Waals surface area contributed by atoms with E-state index in [0.29, 0.717) is 27.3 Å². The molecule has 112 valence electrons. The average Bonchev–Trinajstić information content (AvgIpc) is 2.51. The lowest BCUT2D eigenvalue weighted by molar-refractivity contribution is 0.383. The maximum absolute atomic E-state index is 14.2. The van der Waals surface area contributed by atoms with E-state index in [1.54, 1.807) is 24.3 Å². The van der Waals surface area contributed by atoms with Crippen LogP contribution in [0.25, 0.3) is 0 Å². The summed E-state index contributed by atoms with van der Waals surface area (Å²) in [6, 6.07) is 8.24. The molecule has 0 amide bonds. The molecule has 2 rings (SSSR count). The highest BCUT2D eigenvalue weighted by Crippen LogP contribution is 2.34. The van der Waals surface area contributed by atoms with E-state index in [2.05, 4.69) is 15.9 Å². The zero-order chi connectivity index (χ0) is 15.4. The van der Waals surface area contributed by atoms with Gasteiger partial charge < -0.3 is 19.9 Å². The van der Waals surface area contributed by atoms with E-state index >= 15 is 0 Å². The lowest BCUT2D eigenvalue weighted by atomic mass is 10.2. The van der Waals surface area contributed by atoms with E-state index in [0.717, 1.165) is 0 Å². The number of benzene rings is 2. The minimum absolute atomic E-state index is 0.0920. The van der Waals surface area contributed by atoms with E-state index in [1.165, 1.54) is 20.3 Å². The molecule has 0 unspecified atom stereocenters. The Morgan fingerprint density at radius 1 is 1.05 bits per heavy atom. The molecule has 0 bridgehead atoms. The monoisotopic (exact) mass is 355 g/mol. The van der Waals surface area contributed by atoms with Crippen molar-refractivity contribution in [3.8, 4) is 23.0 Å². The molecule has 0 aliphatic rings. The number of rotatable bonds is 5. The standard InChI is InChI=1S/C15H15BrFNO3/c1-19-10-5-11(20-2)7-12(6-10)21-13-4-3-9(8-18)14(16)15(13)17/h3-7H,8,18H2,1-2H3. The third kappa shape index (κ3) is 3.46. The van der Waals surface area contributed by atoms with Gasteiger partial charge in [0.05, 0.1) is 18.7 Å². The molecule has 0 atom stereocenters. The van der Waals surface area contributed by atoms with Crippen molar-refractivity contribution < 1.29 is 18.6 Å². The summed E-state index contributed by atoms with van der Waals surface area (Å²) in [7, 11) is 3.07. The second-order valence-corrected chi connectivity index (χ2v) is 5.00. The third-order valence-corrected chi connectivity index (χ3v) is 3.76. The van der Waals surface area contributed by atoms with Gasteiger partial charge in [0.25, 0.3) is 0 Å². The van der Waals surface area contributed by atoms with Crippen molar-refractivity contribution in [2.75, 3.05) is 14.2 Å². The number of nitrogens with two attached hydrogens (primary N) is 1. The molecular weight excluding hydrogens is 341 g/mol. The Morgan fingerprint density at radius 2 is 1.62 bits per heavy atom. The molecule has 0 saturated heterocycles. The first-order valence-electron chi connectivity index (χ1n) is 6.17. The van der Waals surface area contributed by atoms with Gasteiger partial charge in [0.1, 0.15) is 17.2 Å². The number of halogens is 2. The molecule has 0 saturated carbocycles. The summed E-state index contributed by atoms with van der Waals surface area (Å²) in [5, 5.41) is 0. The van der Waals surface area contributed by atoms with Crippen LogP contribution in [-0.2, 0) is 6.54 Å². The van der Waals surface area contributed by atoms with Crippen LogP contribution in [0.3, 0.4) is 0 Å². The first kappa shape index (κ1) is 15.6. The van der Waals surface area contributed by atoms with Crippen LogP contribution in [0.4, 0.5) is 4.39 Å². The highest BCUT2D eigenvalue weighted by molar-refractivity contribution is 9.10. The van der Waals surface area contributed by atoms with Crippen LogP contribution in [0.15, 0.2) is 34.8 Å². The van der Waals surface area contributed by atoms with Gasteiger partial charge in [-0.2, -0.15) is 0 Å². The Bertz CT molecular complexity index is 627. The second kappa shape index (κ2) is 6.78. The van der Waals surface area contributed by atoms with Crippen LogP contribution in [0, 0.1) is 5.82 Å². The first-order valence-corrected chi connectivity index (χ1v) is 6.96. The minimum Gasteiger partial charge on any atom is -0.496 e. The molecular formula is C15H15BrFNO3.